The Morgan fingerprint density at radius 3 is 2.61 bits per heavy atom. The lowest BCUT2D eigenvalue weighted by atomic mass is 9.90. The van der Waals surface area contributed by atoms with Crippen LogP contribution in [0.3, 0.4) is 0 Å². The Kier molecular flexibility index (Phi) is 6.84. The summed E-state index contributed by atoms with van der Waals surface area (Å²) in [5, 5.41) is 4.16. The van der Waals surface area contributed by atoms with Crippen molar-refractivity contribution in [3.05, 3.63) is 83.6 Å². The van der Waals surface area contributed by atoms with E-state index in [-0.39, 0.29) is 5.91 Å². The van der Waals surface area contributed by atoms with E-state index in [2.05, 4.69) is 45.5 Å². The van der Waals surface area contributed by atoms with Crippen molar-refractivity contribution in [2.45, 2.75) is 25.7 Å². The predicted octanol–water partition coefficient (Wildman–Crippen LogP) is 5.16. The van der Waals surface area contributed by atoms with Gasteiger partial charge in [0, 0.05) is 30.5 Å². The molecule has 0 radical (unpaired) electrons. The van der Waals surface area contributed by atoms with Gasteiger partial charge in [-0.1, -0.05) is 30.3 Å². The number of hydrogen-bond donors (Lipinski definition) is 1. The van der Waals surface area contributed by atoms with Crippen molar-refractivity contribution >= 4 is 27.5 Å². The molecule has 0 atom stereocenters. The molecule has 0 spiro atoms. The molecule has 33 heavy (non-hydrogen) atoms. The molecule has 1 amide bonds. The highest BCUT2D eigenvalue weighted by molar-refractivity contribution is 7.21. The summed E-state index contributed by atoms with van der Waals surface area (Å²) < 4.78 is 2.01. The number of nitrogens with one attached hydrogen (secondary N) is 1. The fourth-order valence-corrected chi connectivity index (χ4v) is 5.82. The molecule has 5 rings (SSSR count). The summed E-state index contributed by atoms with van der Waals surface area (Å²) in [4.78, 5) is 21.7. The smallest absolute Gasteiger partial charge is 0.263 e. The van der Waals surface area contributed by atoms with Crippen LogP contribution >= 0.6 is 11.3 Å². The lowest BCUT2D eigenvalue weighted by molar-refractivity contribution is 0.0954. The molecule has 1 fully saturated rings. The molecule has 0 bridgehead atoms. The van der Waals surface area contributed by atoms with Crippen LogP contribution in [0.25, 0.3) is 15.9 Å². The first kappa shape index (κ1) is 21.9. The van der Waals surface area contributed by atoms with Crippen molar-refractivity contribution in [2.75, 3.05) is 26.2 Å². The van der Waals surface area contributed by atoms with E-state index >= 15 is 0 Å². The summed E-state index contributed by atoms with van der Waals surface area (Å²) in [7, 11) is 0. The van der Waals surface area contributed by atoms with E-state index in [9.17, 15) is 4.79 Å². The fraction of sp³-hybridized carbons (Fsp3) is 0.333. The molecule has 5 nitrogen and oxygen atoms in total. The van der Waals surface area contributed by atoms with Gasteiger partial charge in [0.1, 0.15) is 9.71 Å². The second-order valence-corrected chi connectivity index (χ2v) is 9.81. The van der Waals surface area contributed by atoms with Crippen LogP contribution in [0.2, 0.25) is 0 Å². The molecule has 4 aromatic rings. The number of aromatic nitrogens is 2. The fourth-order valence-electron chi connectivity index (χ4n) is 4.76. The minimum absolute atomic E-state index is 0.0109. The Morgan fingerprint density at radius 2 is 1.82 bits per heavy atom. The molecule has 1 saturated heterocycles. The number of rotatable bonds is 8. The summed E-state index contributed by atoms with van der Waals surface area (Å²) in [6, 6.07) is 18.7. The Balaban J connectivity index is 1.11. The first-order valence-electron chi connectivity index (χ1n) is 11.8. The van der Waals surface area contributed by atoms with Crippen molar-refractivity contribution in [3.63, 3.8) is 0 Å². The number of pyridine rings is 1. The molecular weight excluding hydrogens is 428 g/mol. The van der Waals surface area contributed by atoms with Crippen molar-refractivity contribution < 1.29 is 4.79 Å². The van der Waals surface area contributed by atoms with E-state index in [4.69, 9.17) is 0 Å². The second kappa shape index (κ2) is 10.3. The standard InChI is InChI=1S/C27H30N4OS/c32-26(25-24(31-16-4-5-17-31)23-10-6-13-29-27(23)33-25)28-14-7-15-30-18-11-22(12-19-30)20-21-8-2-1-3-9-21/h1-6,8-10,13,16-17,22H,7,11-12,14-15,18-20H2,(H,28,32). The number of benzene rings is 1. The van der Waals surface area contributed by atoms with Crippen LogP contribution < -0.4 is 5.32 Å². The number of carbonyl (C=O) groups is 1. The molecule has 0 unspecified atom stereocenters. The summed E-state index contributed by atoms with van der Waals surface area (Å²) in [6.45, 7) is 4.04. The van der Waals surface area contributed by atoms with Gasteiger partial charge in [-0.15, -0.1) is 11.3 Å². The normalized spacial score (nSPS) is 15.2. The Hall–Kier alpha value is -2.96. The molecule has 3 aromatic heterocycles. The lowest BCUT2D eigenvalue weighted by Gasteiger charge is -2.32. The van der Waals surface area contributed by atoms with Crippen LogP contribution in [0.5, 0.6) is 0 Å². The zero-order chi connectivity index (χ0) is 22.5. The molecule has 1 N–H and O–H groups in total. The maximum Gasteiger partial charge on any atom is 0.263 e. The largest absolute Gasteiger partial charge is 0.351 e. The molecule has 1 aliphatic rings. The van der Waals surface area contributed by atoms with Gasteiger partial charge in [-0.05, 0) is 81.1 Å². The van der Waals surface area contributed by atoms with E-state index in [0.717, 1.165) is 52.8 Å². The van der Waals surface area contributed by atoms with E-state index in [0.29, 0.717) is 6.54 Å². The minimum Gasteiger partial charge on any atom is -0.351 e. The summed E-state index contributed by atoms with van der Waals surface area (Å²) >= 11 is 1.46. The lowest BCUT2D eigenvalue weighted by Crippen LogP contribution is -2.36. The van der Waals surface area contributed by atoms with Crippen LogP contribution in [-0.4, -0.2) is 46.5 Å². The number of nitrogens with zero attached hydrogens (tertiary/aromatic N) is 3. The van der Waals surface area contributed by atoms with E-state index in [1.54, 1.807) is 6.20 Å². The van der Waals surface area contributed by atoms with Crippen LogP contribution in [0.15, 0.2) is 73.2 Å². The van der Waals surface area contributed by atoms with Crippen LogP contribution in [0.1, 0.15) is 34.5 Å². The van der Waals surface area contributed by atoms with Gasteiger partial charge in [-0.2, -0.15) is 0 Å². The Labute approximate surface area is 199 Å². The molecule has 1 aromatic carbocycles. The number of likely N-dealkylation sites (tertiary alicyclic amines) is 1. The van der Waals surface area contributed by atoms with Gasteiger partial charge in [-0.3, -0.25) is 4.79 Å². The SMILES string of the molecule is O=C(NCCCN1CCC(Cc2ccccc2)CC1)c1sc2ncccc2c1-n1cccc1. The van der Waals surface area contributed by atoms with Gasteiger partial charge in [0.2, 0.25) is 0 Å². The van der Waals surface area contributed by atoms with Crippen LogP contribution in [0.4, 0.5) is 0 Å². The number of piperidine rings is 1. The third-order valence-electron chi connectivity index (χ3n) is 6.52. The van der Waals surface area contributed by atoms with Crippen molar-refractivity contribution in [1.82, 2.24) is 19.8 Å². The maximum absolute atomic E-state index is 13.0. The highest BCUT2D eigenvalue weighted by atomic mass is 32.1. The van der Waals surface area contributed by atoms with E-state index in [1.807, 2.05) is 41.2 Å². The van der Waals surface area contributed by atoms with Crippen molar-refractivity contribution in [2.24, 2.45) is 5.92 Å². The topological polar surface area (TPSA) is 50.2 Å². The van der Waals surface area contributed by atoms with Gasteiger partial charge in [0.15, 0.2) is 0 Å². The molecule has 1 aliphatic heterocycles. The molecule has 0 saturated carbocycles. The number of thiophene rings is 1. The molecule has 0 aliphatic carbocycles. The summed E-state index contributed by atoms with van der Waals surface area (Å²) in [5.74, 6) is 0.778. The number of amides is 1. The quantitative estimate of drug-likeness (QED) is 0.371. The molecule has 4 heterocycles. The monoisotopic (exact) mass is 458 g/mol. The predicted molar refractivity (Wildman–Crippen MR) is 135 cm³/mol. The average Bonchev–Trinajstić information content (AvgIpc) is 3.51. The van der Waals surface area contributed by atoms with Crippen molar-refractivity contribution in [3.8, 4) is 5.69 Å². The zero-order valence-corrected chi connectivity index (χ0v) is 19.6. The van der Waals surface area contributed by atoms with Crippen LogP contribution in [-0.2, 0) is 6.42 Å². The number of carbonyl (C=O) groups excluding carboxylic acids is 1. The number of hydrogen-bond acceptors (Lipinski definition) is 4. The zero-order valence-electron chi connectivity index (χ0n) is 18.8. The van der Waals surface area contributed by atoms with Crippen molar-refractivity contribution in [1.29, 1.82) is 0 Å². The Morgan fingerprint density at radius 1 is 1.03 bits per heavy atom. The summed E-state index contributed by atoms with van der Waals surface area (Å²) in [5.41, 5.74) is 2.38. The summed E-state index contributed by atoms with van der Waals surface area (Å²) in [6.07, 6.45) is 10.4. The van der Waals surface area contributed by atoms with E-state index in [1.165, 1.54) is 36.2 Å². The molecule has 6 heteroatoms. The molecular formula is C27H30N4OS. The number of fused-ring (bicyclic) bond motifs is 1. The highest BCUT2D eigenvalue weighted by Gasteiger charge is 2.21. The van der Waals surface area contributed by atoms with E-state index < -0.39 is 0 Å². The first-order chi connectivity index (χ1) is 16.3. The molecule has 170 valence electrons. The maximum atomic E-state index is 13.0. The average molecular weight is 459 g/mol. The second-order valence-electron chi connectivity index (χ2n) is 8.81. The first-order valence-corrected chi connectivity index (χ1v) is 12.6. The van der Waals surface area contributed by atoms with Gasteiger partial charge >= 0.3 is 0 Å². The minimum atomic E-state index is -0.0109. The van der Waals surface area contributed by atoms with Crippen LogP contribution in [0, 0.1) is 5.92 Å². The van der Waals surface area contributed by atoms with Gasteiger partial charge < -0.3 is 14.8 Å². The Bertz CT molecular complexity index is 1180. The van der Waals surface area contributed by atoms with Gasteiger partial charge in [0.05, 0.1) is 5.69 Å². The highest BCUT2D eigenvalue weighted by Crippen LogP contribution is 2.33. The third-order valence-corrected chi connectivity index (χ3v) is 7.62. The third kappa shape index (κ3) is 5.18. The van der Waals surface area contributed by atoms with Gasteiger partial charge in [-0.25, -0.2) is 4.98 Å². The van der Waals surface area contributed by atoms with Gasteiger partial charge in [0.25, 0.3) is 5.91 Å².